The summed E-state index contributed by atoms with van der Waals surface area (Å²) in [5, 5.41) is 31.4. The quantitative estimate of drug-likeness (QED) is 0.367. The third kappa shape index (κ3) is 2.99. The van der Waals surface area contributed by atoms with Crippen molar-refractivity contribution in [3.05, 3.63) is 48.3 Å². The van der Waals surface area contributed by atoms with E-state index >= 15 is 0 Å². The predicted molar refractivity (Wildman–Crippen MR) is 77.8 cm³/mol. The van der Waals surface area contributed by atoms with E-state index in [9.17, 15) is 34.9 Å². The number of phenols is 1. The van der Waals surface area contributed by atoms with Crippen LogP contribution >= 0.6 is 0 Å². The number of carbonyl (C=O) groups is 1. The van der Waals surface area contributed by atoms with E-state index < -0.39 is 45.0 Å². The lowest BCUT2D eigenvalue weighted by Crippen LogP contribution is -2.15. The molecule has 0 spiro atoms. The third-order valence-corrected chi connectivity index (χ3v) is 3.09. The van der Waals surface area contributed by atoms with E-state index in [1.54, 1.807) is 0 Å². The van der Waals surface area contributed by atoms with Crippen molar-refractivity contribution in [3.63, 3.8) is 0 Å². The maximum absolute atomic E-state index is 11.8. The van der Waals surface area contributed by atoms with Crippen molar-refractivity contribution < 1.29 is 28.9 Å². The van der Waals surface area contributed by atoms with Crippen LogP contribution in [0.1, 0.15) is 12.5 Å². The molecule has 0 atom stereocenters. The van der Waals surface area contributed by atoms with E-state index in [2.05, 4.69) is 0 Å². The van der Waals surface area contributed by atoms with Gasteiger partial charge in [0, 0.05) is 17.5 Å². The van der Waals surface area contributed by atoms with Gasteiger partial charge in [0.2, 0.25) is 0 Å². The molecule has 0 aliphatic carbocycles. The molecule has 0 saturated heterocycles. The molecule has 2 rings (SSSR count). The van der Waals surface area contributed by atoms with Crippen molar-refractivity contribution in [3.8, 4) is 5.75 Å². The number of hydrogen-bond acceptors (Lipinski definition) is 9. The molecule has 126 valence electrons. The molecular weight excluding hydrogens is 328 g/mol. The Morgan fingerprint density at radius 1 is 1.29 bits per heavy atom. The Morgan fingerprint density at radius 3 is 2.50 bits per heavy atom. The van der Waals surface area contributed by atoms with Crippen LogP contribution in [0.2, 0.25) is 0 Å². The van der Waals surface area contributed by atoms with Crippen molar-refractivity contribution in [2.24, 2.45) is 0 Å². The van der Waals surface area contributed by atoms with E-state index in [0.717, 1.165) is 12.1 Å². The lowest BCUT2D eigenvalue weighted by Gasteiger charge is -2.07. The monoisotopic (exact) mass is 338 g/mol. The molecule has 0 fully saturated rings. The zero-order valence-electron chi connectivity index (χ0n) is 12.2. The summed E-state index contributed by atoms with van der Waals surface area (Å²) < 4.78 is 9.41. The van der Waals surface area contributed by atoms with Gasteiger partial charge in [-0.25, -0.2) is 4.79 Å². The standard InChI is InChI=1S/C13H10N2O9/c1-2-23-11(17)4-7-6-3-8(14(19)20)9(16)5-10(6)24-13(18)12(7)15(21)22/h3,5,16H,2,4H2,1H3. The fourth-order valence-electron chi connectivity index (χ4n) is 2.14. The maximum Gasteiger partial charge on any atom is 0.415 e. The minimum atomic E-state index is -1.35. The van der Waals surface area contributed by atoms with Gasteiger partial charge < -0.3 is 14.3 Å². The summed E-state index contributed by atoms with van der Waals surface area (Å²) in [6.45, 7) is 1.53. The van der Waals surface area contributed by atoms with Crippen molar-refractivity contribution >= 4 is 28.3 Å². The molecule has 0 aliphatic heterocycles. The summed E-state index contributed by atoms with van der Waals surface area (Å²) in [6.07, 6.45) is -0.659. The number of carbonyl (C=O) groups excluding carboxylic acids is 1. The highest BCUT2D eigenvalue weighted by Crippen LogP contribution is 2.34. The van der Waals surface area contributed by atoms with Gasteiger partial charge >= 0.3 is 23.0 Å². The third-order valence-electron chi connectivity index (χ3n) is 3.09. The molecule has 0 bridgehead atoms. The van der Waals surface area contributed by atoms with Gasteiger partial charge in [-0.1, -0.05) is 0 Å². The van der Waals surface area contributed by atoms with Crippen LogP contribution in [0.5, 0.6) is 5.75 Å². The molecule has 0 amide bonds. The molecule has 11 nitrogen and oxygen atoms in total. The molecule has 0 unspecified atom stereocenters. The number of benzene rings is 1. The summed E-state index contributed by atoms with van der Waals surface area (Å²) in [7, 11) is 0. The number of nitro benzene ring substituents is 1. The first-order valence-electron chi connectivity index (χ1n) is 6.53. The molecule has 1 aromatic heterocycles. The van der Waals surface area contributed by atoms with Crippen LogP contribution in [0.15, 0.2) is 21.3 Å². The number of esters is 1. The molecule has 0 aliphatic rings. The molecule has 1 N–H and O–H groups in total. The summed E-state index contributed by atoms with van der Waals surface area (Å²) >= 11 is 0. The highest BCUT2D eigenvalue weighted by Gasteiger charge is 2.29. The topological polar surface area (TPSA) is 163 Å². The van der Waals surface area contributed by atoms with E-state index in [1.165, 1.54) is 6.92 Å². The van der Waals surface area contributed by atoms with Gasteiger partial charge in [0.15, 0.2) is 5.75 Å². The number of nitro groups is 2. The van der Waals surface area contributed by atoms with E-state index in [-0.39, 0.29) is 23.1 Å². The Bertz CT molecular complexity index is 916. The predicted octanol–water partition coefficient (Wildman–Crippen LogP) is 1.42. The van der Waals surface area contributed by atoms with Gasteiger partial charge in [0.05, 0.1) is 28.4 Å². The van der Waals surface area contributed by atoms with Crippen LogP contribution in [-0.2, 0) is 16.0 Å². The smallest absolute Gasteiger partial charge is 0.415 e. The van der Waals surface area contributed by atoms with Crippen molar-refractivity contribution in [2.75, 3.05) is 6.61 Å². The zero-order valence-corrected chi connectivity index (χ0v) is 12.2. The van der Waals surface area contributed by atoms with E-state index in [0.29, 0.717) is 0 Å². The Balaban J connectivity index is 2.85. The SMILES string of the molecule is CCOC(=O)Cc1c([N+](=O)[O-])c(=O)oc2cc(O)c([N+](=O)[O-])cc12. The summed E-state index contributed by atoms with van der Waals surface area (Å²) in [6, 6.07) is 1.59. The number of rotatable bonds is 5. The second-order valence-electron chi connectivity index (χ2n) is 4.55. The van der Waals surface area contributed by atoms with Crippen LogP contribution in [0.4, 0.5) is 11.4 Å². The number of aromatic hydroxyl groups is 1. The van der Waals surface area contributed by atoms with Crippen LogP contribution in [-0.4, -0.2) is 27.5 Å². The Labute approximate surface area is 132 Å². The summed E-state index contributed by atoms with van der Waals surface area (Å²) in [5.74, 6) is -1.64. The maximum atomic E-state index is 11.8. The Morgan fingerprint density at radius 2 is 1.96 bits per heavy atom. The van der Waals surface area contributed by atoms with Gasteiger partial charge in [-0.2, -0.15) is 0 Å². The highest BCUT2D eigenvalue weighted by molar-refractivity contribution is 5.90. The van der Waals surface area contributed by atoms with Crippen molar-refractivity contribution in [1.82, 2.24) is 0 Å². The van der Waals surface area contributed by atoms with Gasteiger partial charge in [0.1, 0.15) is 5.58 Å². The summed E-state index contributed by atoms with van der Waals surface area (Å²) in [4.78, 5) is 43.5. The van der Waals surface area contributed by atoms with Gasteiger partial charge in [-0.15, -0.1) is 0 Å². The molecular formula is C13H10N2O9. The normalized spacial score (nSPS) is 10.5. The Kier molecular flexibility index (Phi) is 4.44. The molecule has 1 heterocycles. The van der Waals surface area contributed by atoms with Crippen LogP contribution in [0, 0.1) is 20.2 Å². The molecule has 1 aromatic carbocycles. The minimum Gasteiger partial charge on any atom is -0.502 e. The lowest BCUT2D eigenvalue weighted by atomic mass is 10.0. The second kappa shape index (κ2) is 6.32. The minimum absolute atomic E-state index is 0.00689. The molecule has 24 heavy (non-hydrogen) atoms. The zero-order chi connectivity index (χ0) is 18.0. The fourth-order valence-corrected chi connectivity index (χ4v) is 2.14. The second-order valence-corrected chi connectivity index (χ2v) is 4.55. The summed E-state index contributed by atoms with van der Waals surface area (Å²) in [5.41, 5.74) is -3.83. The molecule has 0 saturated carbocycles. The first-order chi connectivity index (χ1) is 11.3. The first kappa shape index (κ1) is 16.9. The first-order valence-corrected chi connectivity index (χ1v) is 6.53. The van der Waals surface area contributed by atoms with Crippen LogP contribution < -0.4 is 5.63 Å². The average molecular weight is 338 g/mol. The number of phenolic OH excluding ortho intramolecular Hbond substituents is 1. The van der Waals surface area contributed by atoms with E-state index in [1.807, 2.05) is 0 Å². The largest absolute Gasteiger partial charge is 0.502 e. The number of nitrogens with zero attached hydrogens (tertiary/aromatic N) is 2. The lowest BCUT2D eigenvalue weighted by molar-refractivity contribution is -0.387. The number of ether oxygens (including phenoxy) is 1. The molecule has 0 radical (unpaired) electrons. The van der Waals surface area contributed by atoms with Gasteiger partial charge in [-0.3, -0.25) is 25.0 Å². The van der Waals surface area contributed by atoms with Gasteiger partial charge in [0.25, 0.3) is 0 Å². The fraction of sp³-hybridized carbons (Fsp3) is 0.231. The Hall–Kier alpha value is -3.50. The van der Waals surface area contributed by atoms with Crippen molar-refractivity contribution in [2.45, 2.75) is 13.3 Å². The molecule has 11 heteroatoms. The average Bonchev–Trinajstić information content (AvgIpc) is 2.45. The van der Waals surface area contributed by atoms with Crippen LogP contribution in [0.3, 0.4) is 0 Å². The van der Waals surface area contributed by atoms with Crippen molar-refractivity contribution in [1.29, 1.82) is 0 Å². The number of hydrogen-bond donors (Lipinski definition) is 1. The number of fused-ring (bicyclic) bond motifs is 1. The van der Waals surface area contributed by atoms with Crippen LogP contribution in [0.25, 0.3) is 11.0 Å². The highest BCUT2D eigenvalue weighted by atomic mass is 16.6. The van der Waals surface area contributed by atoms with E-state index in [4.69, 9.17) is 9.15 Å². The van der Waals surface area contributed by atoms with Gasteiger partial charge in [-0.05, 0) is 6.92 Å². The molecule has 2 aromatic rings.